The van der Waals surface area contributed by atoms with Crippen LogP contribution in [0.2, 0.25) is 0 Å². The summed E-state index contributed by atoms with van der Waals surface area (Å²) in [7, 11) is 0. The Morgan fingerprint density at radius 1 is 1.14 bits per heavy atom. The molecular formula is C12H11F4N5O. The smallest absolute Gasteiger partial charge is 0.422 e. The molecule has 0 aromatic carbocycles. The highest BCUT2D eigenvalue weighted by Crippen LogP contribution is 2.21. The number of hydrogen-bond acceptors (Lipinski definition) is 6. The third-order valence-corrected chi connectivity index (χ3v) is 2.45. The molecule has 22 heavy (non-hydrogen) atoms. The molecule has 2 rings (SSSR count). The largest absolute Gasteiger partial charge is 0.454 e. The van der Waals surface area contributed by atoms with Gasteiger partial charge in [0, 0.05) is 24.5 Å². The van der Waals surface area contributed by atoms with Gasteiger partial charge in [-0.1, -0.05) is 0 Å². The zero-order valence-corrected chi connectivity index (χ0v) is 11.1. The zero-order chi connectivity index (χ0) is 16.2. The van der Waals surface area contributed by atoms with Crippen LogP contribution in [0.3, 0.4) is 0 Å². The van der Waals surface area contributed by atoms with Crippen molar-refractivity contribution in [3.05, 3.63) is 30.0 Å². The van der Waals surface area contributed by atoms with Crippen molar-refractivity contribution < 1.29 is 22.3 Å². The summed E-state index contributed by atoms with van der Waals surface area (Å²) in [5, 5.41) is 0. The number of nitrogens with zero attached hydrogens (tertiary/aromatic N) is 4. The maximum Gasteiger partial charge on any atom is 0.422 e. The molecule has 118 valence electrons. The molecule has 0 spiro atoms. The van der Waals surface area contributed by atoms with Crippen molar-refractivity contribution in [1.82, 2.24) is 19.9 Å². The van der Waals surface area contributed by atoms with E-state index in [9.17, 15) is 17.6 Å². The first-order chi connectivity index (χ1) is 10.4. The number of alkyl halides is 4. The topological polar surface area (TPSA) is 86.8 Å². The highest BCUT2D eigenvalue weighted by Gasteiger charge is 2.29. The summed E-state index contributed by atoms with van der Waals surface area (Å²) >= 11 is 0. The number of ether oxygens (including phenoxy) is 1. The predicted octanol–water partition coefficient (Wildman–Crippen LogP) is 1.80. The fourth-order valence-electron chi connectivity index (χ4n) is 1.49. The standard InChI is InChI=1S/C12H11F4N5O/c13-2-10-18-4-7(5-19-10)9-1-8(3-17)20-11(21-9)22-6-12(14,15)16/h1,4-5H,2-3,6,17H2. The number of aromatic nitrogens is 4. The molecule has 0 saturated carbocycles. The normalized spacial score (nSPS) is 11.5. The first-order valence-corrected chi connectivity index (χ1v) is 6.06. The Bertz CT molecular complexity index is 632. The van der Waals surface area contributed by atoms with Crippen LogP contribution in [0.4, 0.5) is 17.6 Å². The quantitative estimate of drug-likeness (QED) is 0.846. The van der Waals surface area contributed by atoms with Crippen LogP contribution in [0.15, 0.2) is 18.5 Å². The van der Waals surface area contributed by atoms with E-state index in [0.29, 0.717) is 5.56 Å². The summed E-state index contributed by atoms with van der Waals surface area (Å²) in [6.07, 6.45) is -1.90. The first-order valence-electron chi connectivity index (χ1n) is 6.06. The third kappa shape index (κ3) is 4.32. The summed E-state index contributed by atoms with van der Waals surface area (Å²) in [6, 6.07) is 1.01. The molecule has 0 bridgehead atoms. The summed E-state index contributed by atoms with van der Waals surface area (Å²) in [5.74, 6) is -0.00889. The molecule has 2 heterocycles. The maximum atomic E-state index is 12.4. The minimum absolute atomic E-state index is 0.00889. The van der Waals surface area contributed by atoms with Gasteiger partial charge in [-0.25, -0.2) is 14.4 Å². The van der Waals surface area contributed by atoms with Crippen molar-refractivity contribution in [2.24, 2.45) is 5.73 Å². The molecule has 2 N–H and O–H groups in total. The van der Waals surface area contributed by atoms with Gasteiger partial charge in [0.05, 0.1) is 11.4 Å². The lowest BCUT2D eigenvalue weighted by Crippen LogP contribution is -2.20. The summed E-state index contributed by atoms with van der Waals surface area (Å²) < 4.78 is 53.4. The van der Waals surface area contributed by atoms with Gasteiger partial charge >= 0.3 is 12.2 Å². The van der Waals surface area contributed by atoms with Crippen molar-refractivity contribution in [1.29, 1.82) is 0 Å². The van der Waals surface area contributed by atoms with Crippen LogP contribution in [0.5, 0.6) is 6.01 Å². The Labute approximate surface area is 122 Å². The van der Waals surface area contributed by atoms with Crippen molar-refractivity contribution in [3.63, 3.8) is 0 Å². The van der Waals surface area contributed by atoms with Crippen LogP contribution in [0, 0.1) is 0 Å². The zero-order valence-electron chi connectivity index (χ0n) is 11.1. The molecular weight excluding hydrogens is 306 g/mol. The molecule has 0 saturated heterocycles. The van der Waals surface area contributed by atoms with Gasteiger partial charge in [0.25, 0.3) is 0 Å². The summed E-state index contributed by atoms with van der Waals surface area (Å²) in [5.41, 5.74) is 6.35. The van der Waals surface area contributed by atoms with E-state index in [0.717, 1.165) is 0 Å². The van der Waals surface area contributed by atoms with Gasteiger partial charge in [-0.05, 0) is 6.07 Å². The van der Waals surface area contributed by atoms with Crippen LogP contribution in [-0.4, -0.2) is 32.7 Å². The van der Waals surface area contributed by atoms with Gasteiger partial charge in [-0.2, -0.15) is 23.1 Å². The van der Waals surface area contributed by atoms with E-state index >= 15 is 0 Å². The number of rotatable bonds is 5. The lowest BCUT2D eigenvalue weighted by molar-refractivity contribution is -0.154. The molecule has 0 aliphatic heterocycles. The Balaban J connectivity index is 2.29. The Kier molecular flexibility index (Phi) is 4.81. The molecule has 0 fully saturated rings. The highest BCUT2D eigenvalue weighted by atomic mass is 19.4. The van der Waals surface area contributed by atoms with Crippen LogP contribution in [0.1, 0.15) is 11.5 Å². The Hall–Kier alpha value is -2.36. The van der Waals surface area contributed by atoms with Crippen LogP contribution in [0.25, 0.3) is 11.3 Å². The molecule has 10 heteroatoms. The molecule has 0 aliphatic carbocycles. The van der Waals surface area contributed by atoms with Crippen molar-refractivity contribution in [3.8, 4) is 17.3 Å². The highest BCUT2D eigenvalue weighted by molar-refractivity contribution is 5.57. The van der Waals surface area contributed by atoms with Gasteiger partial charge in [0.15, 0.2) is 12.4 Å². The van der Waals surface area contributed by atoms with E-state index in [2.05, 4.69) is 24.7 Å². The van der Waals surface area contributed by atoms with E-state index in [1.54, 1.807) is 0 Å². The fourth-order valence-corrected chi connectivity index (χ4v) is 1.49. The fraction of sp³-hybridized carbons (Fsp3) is 0.333. The second-order valence-electron chi connectivity index (χ2n) is 4.16. The molecule has 0 radical (unpaired) electrons. The average Bonchev–Trinajstić information content (AvgIpc) is 2.52. The monoisotopic (exact) mass is 317 g/mol. The van der Waals surface area contributed by atoms with Crippen molar-refractivity contribution in [2.75, 3.05) is 6.61 Å². The lowest BCUT2D eigenvalue weighted by Gasteiger charge is -2.10. The van der Waals surface area contributed by atoms with E-state index in [1.807, 2.05) is 0 Å². The Morgan fingerprint density at radius 2 is 1.82 bits per heavy atom. The number of nitrogens with two attached hydrogens (primary N) is 1. The van der Waals surface area contributed by atoms with E-state index in [4.69, 9.17) is 5.73 Å². The molecule has 0 amide bonds. The third-order valence-electron chi connectivity index (χ3n) is 2.45. The Morgan fingerprint density at radius 3 is 2.36 bits per heavy atom. The molecule has 6 nitrogen and oxygen atoms in total. The van der Waals surface area contributed by atoms with Gasteiger partial charge in [-0.3, -0.25) is 0 Å². The van der Waals surface area contributed by atoms with E-state index < -0.39 is 25.5 Å². The second-order valence-corrected chi connectivity index (χ2v) is 4.16. The molecule has 2 aromatic rings. The minimum Gasteiger partial charge on any atom is -0.454 e. The van der Waals surface area contributed by atoms with E-state index in [-0.39, 0.29) is 23.8 Å². The number of hydrogen-bond donors (Lipinski definition) is 1. The lowest BCUT2D eigenvalue weighted by atomic mass is 10.2. The molecule has 0 aliphatic rings. The number of halogens is 4. The van der Waals surface area contributed by atoms with Gasteiger partial charge in [0.2, 0.25) is 0 Å². The maximum absolute atomic E-state index is 12.4. The molecule has 2 aromatic heterocycles. The van der Waals surface area contributed by atoms with Crippen molar-refractivity contribution >= 4 is 0 Å². The predicted molar refractivity (Wildman–Crippen MR) is 67.3 cm³/mol. The van der Waals surface area contributed by atoms with E-state index in [1.165, 1.54) is 18.5 Å². The minimum atomic E-state index is -4.51. The van der Waals surface area contributed by atoms with Crippen LogP contribution in [-0.2, 0) is 13.2 Å². The first kappa shape index (κ1) is 16.0. The SMILES string of the molecule is NCc1cc(-c2cnc(CF)nc2)nc(OCC(F)(F)F)n1. The molecule has 0 atom stereocenters. The van der Waals surface area contributed by atoms with Crippen molar-refractivity contribution in [2.45, 2.75) is 19.4 Å². The molecule has 0 unspecified atom stereocenters. The summed E-state index contributed by atoms with van der Waals surface area (Å²) in [4.78, 5) is 15.1. The van der Waals surface area contributed by atoms with Crippen LogP contribution < -0.4 is 10.5 Å². The van der Waals surface area contributed by atoms with Gasteiger partial charge < -0.3 is 10.5 Å². The van der Waals surface area contributed by atoms with Gasteiger partial charge in [0.1, 0.15) is 6.67 Å². The van der Waals surface area contributed by atoms with Crippen LogP contribution >= 0.6 is 0 Å². The average molecular weight is 317 g/mol. The second kappa shape index (κ2) is 6.60. The van der Waals surface area contributed by atoms with Gasteiger partial charge in [-0.15, -0.1) is 0 Å². The summed E-state index contributed by atoms with van der Waals surface area (Å²) in [6.45, 7) is -2.35.